The van der Waals surface area contributed by atoms with Crippen LogP contribution in [0.1, 0.15) is 17.2 Å². The zero-order chi connectivity index (χ0) is 15.4. The molecule has 3 aromatic rings. The maximum atomic E-state index is 5.24. The second-order valence-electron chi connectivity index (χ2n) is 4.96. The van der Waals surface area contributed by atoms with Gasteiger partial charge in [-0.2, -0.15) is 0 Å². The molecule has 0 amide bonds. The van der Waals surface area contributed by atoms with Gasteiger partial charge in [-0.15, -0.1) is 0 Å². The van der Waals surface area contributed by atoms with Crippen molar-refractivity contribution in [3.05, 3.63) is 78.4 Å². The molecule has 0 fully saturated rings. The van der Waals surface area contributed by atoms with Crippen LogP contribution in [0.3, 0.4) is 0 Å². The lowest BCUT2D eigenvalue weighted by Gasteiger charge is -2.20. The lowest BCUT2D eigenvalue weighted by Crippen LogP contribution is -2.10. The Morgan fingerprint density at radius 3 is 1.68 bits per heavy atom. The summed E-state index contributed by atoms with van der Waals surface area (Å²) in [4.78, 5) is 4.18. The van der Waals surface area contributed by atoms with E-state index in [1.165, 1.54) is 11.1 Å². The summed E-state index contributed by atoms with van der Waals surface area (Å²) in [6, 6.07) is 16.3. The SMILES string of the molecule is COc1ccc(C(c2ccc(OC)cc2)n2ccnc2)cc1. The van der Waals surface area contributed by atoms with Gasteiger partial charge in [0.1, 0.15) is 11.5 Å². The van der Waals surface area contributed by atoms with Crippen LogP contribution in [-0.2, 0) is 0 Å². The first-order valence-corrected chi connectivity index (χ1v) is 7.07. The van der Waals surface area contributed by atoms with Gasteiger partial charge in [-0.1, -0.05) is 24.3 Å². The monoisotopic (exact) mass is 294 g/mol. The van der Waals surface area contributed by atoms with E-state index in [2.05, 4.69) is 33.8 Å². The van der Waals surface area contributed by atoms with Crippen molar-refractivity contribution in [2.45, 2.75) is 6.04 Å². The molecular weight excluding hydrogens is 276 g/mol. The third-order valence-electron chi connectivity index (χ3n) is 3.69. The van der Waals surface area contributed by atoms with E-state index in [1.807, 2.05) is 36.8 Å². The minimum atomic E-state index is 0.0688. The Bertz CT molecular complexity index is 656. The average molecular weight is 294 g/mol. The van der Waals surface area contributed by atoms with Crippen molar-refractivity contribution in [2.24, 2.45) is 0 Å². The van der Waals surface area contributed by atoms with Crippen LogP contribution < -0.4 is 9.47 Å². The van der Waals surface area contributed by atoms with Crippen LogP contribution in [-0.4, -0.2) is 23.8 Å². The first-order valence-electron chi connectivity index (χ1n) is 7.07. The number of imidazole rings is 1. The van der Waals surface area contributed by atoms with Crippen LogP contribution in [0.15, 0.2) is 67.3 Å². The maximum absolute atomic E-state index is 5.24. The van der Waals surface area contributed by atoms with Crippen LogP contribution in [0, 0.1) is 0 Å². The molecule has 2 aromatic carbocycles. The van der Waals surface area contributed by atoms with E-state index in [0.29, 0.717) is 0 Å². The van der Waals surface area contributed by atoms with Crippen molar-refractivity contribution in [2.75, 3.05) is 14.2 Å². The van der Waals surface area contributed by atoms with Crippen molar-refractivity contribution in [1.82, 2.24) is 9.55 Å². The normalized spacial score (nSPS) is 10.7. The molecule has 0 aliphatic heterocycles. The second-order valence-corrected chi connectivity index (χ2v) is 4.96. The highest BCUT2D eigenvalue weighted by Crippen LogP contribution is 2.29. The molecule has 0 unspecified atom stereocenters. The number of benzene rings is 2. The highest BCUT2D eigenvalue weighted by Gasteiger charge is 2.16. The molecule has 22 heavy (non-hydrogen) atoms. The quantitative estimate of drug-likeness (QED) is 0.722. The highest BCUT2D eigenvalue weighted by atomic mass is 16.5. The topological polar surface area (TPSA) is 36.3 Å². The molecule has 0 aliphatic carbocycles. The fraction of sp³-hybridized carbons (Fsp3) is 0.167. The van der Waals surface area contributed by atoms with Gasteiger partial charge >= 0.3 is 0 Å². The first kappa shape index (κ1) is 14.2. The van der Waals surface area contributed by atoms with Gasteiger partial charge in [0, 0.05) is 12.4 Å². The Morgan fingerprint density at radius 2 is 1.32 bits per heavy atom. The van der Waals surface area contributed by atoms with E-state index >= 15 is 0 Å². The van der Waals surface area contributed by atoms with Crippen molar-refractivity contribution in [3.63, 3.8) is 0 Å². The van der Waals surface area contributed by atoms with Crippen LogP contribution in [0.25, 0.3) is 0 Å². The maximum Gasteiger partial charge on any atom is 0.118 e. The summed E-state index contributed by atoms with van der Waals surface area (Å²) in [5.74, 6) is 1.70. The predicted octanol–water partition coefficient (Wildman–Crippen LogP) is 3.54. The Kier molecular flexibility index (Phi) is 4.10. The molecule has 0 atom stereocenters. The summed E-state index contributed by atoms with van der Waals surface area (Å²) in [5.41, 5.74) is 2.34. The van der Waals surface area contributed by atoms with Crippen molar-refractivity contribution in [3.8, 4) is 11.5 Å². The van der Waals surface area contributed by atoms with Crippen molar-refractivity contribution >= 4 is 0 Å². The van der Waals surface area contributed by atoms with Crippen LogP contribution in [0.5, 0.6) is 11.5 Å². The molecule has 4 heteroatoms. The minimum Gasteiger partial charge on any atom is -0.497 e. The van der Waals surface area contributed by atoms with Crippen LogP contribution in [0.2, 0.25) is 0 Å². The average Bonchev–Trinajstić information content (AvgIpc) is 3.10. The van der Waals surface area contributed by atoms with Crippen LogP contribution >= 0.6 is 0 Å². The van der Waals surface area contributed by atoms with Gasteiger partial charge in [-0.3, -0.25) is 0 Å². The predicted molar refractivity (Wildman–Crippen MR) is 85.5 cm³/mol. The lowest BCUT2D eigenvalue weighted by atomic mass is 9.98. The fourth-order valence-electron chi connectivity index (χ4n) is 2.53. The molecule has 0 radical (unpaired) electrons. The van der Waals surface area contributed by atoms with E-state index in [1.54, 1.807) is 20.4 Å². The minimum absolute atomic E-state index is 0.0688. The molecule has 0 saturated heterocycles. The molecule has 1 heterocycles. The van der Waals surface area contributed by atoms with E-state index in [4.69, 9.17) is 9.47 Å². The van der Waals surface area contributed by atoms with Gasteiger partial charge in [0.25, 0.3) is 0 Å². The largest absolute Gasteiger partial charge is 0.497 e. The van der Waals surface area contributed by atoms with E-state index in [-0.39, 0.29) is 6.04 Å². The number of methoxy groups -OCH3 is 2. The lowest BCUT2D eigenvalue weighted by molar-refractivity contribution is 0.414. The molecule has 3 rings (SSSR count). The van der Waals surface area contributed by atoms with E-state index in [9.17, 15) is 0 Å². The van der Waals surface area contributed by atoms with Crippen LogP contribution in [0.4, 0.5) is 0 Å². The second kappa shape index (κ2) is 6.35. The fourth-order valence-corrected chi connectivity index (χ4v) is 2.53. The molecule has 0 spiro atoms. The van der Waals surface area contributed by atoms with Gasteiger partial charge in [0.05, 0.1) is 26.6 Å². The zero-order valence-electron chi connectivity index (χ0n) is 12.6. The van der Waals surface area contributed by atoms with Gasteiger partial charge in [0.2, 0.25) is 0 Å². The van der Waals surface area contributed by atoms with E-state index in [0.717, 1.165) is 11.5 Å². The van der Waals surface area contributed by atoms with Gasteiger partial charge in [0.15, 0.2) is 0 Å². The summed E-state index contributed by atoms with van der Waals surface area (Å²) in [6.07, 6.45) is 5.60. The van der Waals surface area contributed by atoms with Gasteiger partial charge < -0.3 is 14.0 Å². The highest BCUT2D eigenvalue weighted by molar-refractivity contribution is 5.38. The summed E-state index contributed by atoms with van der Waals surface area (Å²) in [6.45, 7) is 0. The summed E-state index contributed by atoms with van der Waals surface area (Å²) >= 11 is 0. The Morgan fingerprint density at radius 1 is 0.818 bits per heavy atom. The number of nitrogens with zero attached hydrogens (tertiary/aromatic N) is 2. The number of ether oxygens (including phenoxy) is 2. The molecule has 1 aromatic heterocycles. The van der Waals surface area contributed by atoms with E-state index < -0.39 is 0 Å². The zero-order valence-corrected chi connectivity index (χ0v) is 12.6. The molecule has 4 nitrogen and oxygen atoms in total. The summed E-state index contributed by atoms with van der Waals surface area (Å²) < 4.78 is 12.6. The third-order valence-corrected chi connectivity index (χ3v) is 3.69. The smallest absolute Gasteiger partial charge is 0.118 e. The first-order chi connectivity index (χ1) is 10.8. The van der Waals surface area contributed by atoms with Gasteiger partial charge in [-0.05, 0) is 35.4 Å². The molecule has 0 saturated carbocycles. The Labute approximate surface area is 130 Å². The molecule has 0 aliphatic rings. The van der Waals surface area contributed by atoms with Crippen molar-refractivity contribution in [1.29, 1.82) is 0 Å². The molecule has 0 bridgehead atoms. The third kappa shape index (κ3) is 2.81. The van der Waals surface area contributed by atoms with Gasteiger partial charge in [-0.25, -0.2) is 4.98 Å². The molecule has 0 N–H and O–H groups in total. The number of rotatable bonds is 5. The summed E-state index contributed by atoms with van der Waals surface area (Å²) in [7, 11) is 3.34. The molecule has 112 valence electrons. The number of hydrogen-bond donors (Lipinski definition) is 0. The Balaban J connectivity index is 2.02. The standard InChI is InChI=1S/C18H18N2O2/c1-21-16-7-3-14(4-8-16)18(20-12-11-19-13-20)15-5-9-17(22-2)10-6-15/h3-13,18H,1-2H3. The number of hydrogen-bond acceptors (Lipinski definition) is 3. The molecular formula is C18H18N2O2. The van der Waals surface area contributed by atoms with Crippen molar-refractivity contribution < 1.29 is 9.47 Å². The summed E-state index contributed by atoms with van der Waals surface area (Å²) in [5, 5.41) is 0. The number of aromatic nitrogens is 2. The Hall–Kier alpha value is -2.75.